The summed E-state index contributed by atoms with van der Waals surface area (Å²) in [7, 11) is 0. The maximum Gasteiger partial charge on any atom is 0.271 e. The summed E-state index contributed by atoms with van der Waals surface area (Å²) in [6.07, 6.45) is 0.318. The third kappa shape index (κ3) is 5.68. The number of fused-ring (bicyclic) bond motifs is 1. The molecule has 1 amide bonds. The number of para-hydroxylation sites is 2. The Bertz CT molecular complexity index is 1840. The second-order valence-electron chi connectivity index (χ2n) is 10.3. The van der Waals surface area contributed by atoms with Gasteiger partial charge in [-0.05, 0) is 41.5 Å². The van der Waals surface area contributed by atoms with E-state index in [-0.39, 0.29) is 24.0 Å². The summed E-state index contributed by atoms with van der Waals surface area (Å²) in [6, 6.07) is 30.3. The number of tetrazole rings is 1. The van der Waals surface area contributed by atoms with Gasteiger partial charge in [-0.2, -0.15) is 12.6 Å². The van der Waals surface area contributed by atoms with Crippen molar-refractivity contribution in [3.8, 4) is 16.8 Å². The second kappa shape index (κ2) is 12.7. The molecule has 1 aromatic heterocycles. The maximum atomic E-state index is 14.6. The third-order valence-corrected chi connectivity index (χ3v) is 7.86. The number of anilines is 2. The van der Waals surface area contributed by atoms with Gasteiger partial charge in [0.25, 0.3) is 5.91 Å². The van der Waals surface area contributed by atoms with Crippen LogP contribution in [-0.2, 0) is 9.59 Å². The van der Waals surface area contributed by atoms with Crippen LogP contribution >= 0.6 is 12.6 Å². The van der Waals surface area contributed by atoms with Crippen LogP contribution in [0.5, 0.6) is 0 Å². The van der Waals surface area contributed by atoms with Crippen molar-refractivity contribution in [2.45, 2.75) is 19.1 Å². The standard InChI is InChI=1S/C33H30N8O2S/c1-21-15-16-23(24-11-5-8-14-28(24)41-37-20-36-39-41)17-29(21)40-27-13-7-6-12-25(27)31(22-9-3-2-4-10-22)38-32(33(40)43)35-18-30(42)26(34)19-44/h2-17,20,26,32,35,44H,18-19,34H2,1H3. The number of nitrogens with one attached hydrogen (secondary N) is 1. The van der Waals surface area contributed by atoms with Crippen LogP contribution in [-0.4, -0.2) is 62.1 Å². The minimum absolute atomic E-state index is 0.134. The number of Topliss-reactive ketones (excluding diaryl/α,β-unsaturated/α-hetero) is 1. The van der Waals surface area contributed by atoms with Crippen LogP contribution in [0.2, 0.25) is 0 Å². The van der Waals surface area contributed by atoms with Gasteiger partial charge in [0.1, 0.15) is 0 Å². The summed E-state index contributed by atoms with van der Waals surface area (Å²) in [5, 5.41) is 15.3. The fraction of sp³-hybridized carbons (Fsp3) is 0.152. The lowest BCUT2D eigenvalue weighted by Gasteiger charge is -2.28. The molecule has 44 heavy (non-hydrogen) atoms. The molecule has 0 radical (unpaired) electrons. The van der Waals surface area contributed by atoms with Crippen molar-refractivity contribution in [2.75, 3.05) is 17.2 Å². The number of hydrogen-bond donors (Lipinski definition) is 3. The zero-order valence-corrected chi connectivity index (χ0v) is 24.8. The number of aliphatic imine (C=N–C) groups is 1. The van der Waals surface area contributed by atoms with E-state index in [1.807, 2.05) is 104 Å². The normalized spacial score (nSPS) is 15.3. The summed E-state index contributed by atoms with van der Waals surface area (Å²) in [5.74, 6) is -0.386. The van der Waals surface area contributed by atoms with Gasteiger partial charge < -0.3 is 5.73 Å². The van der Waals surface area contributed by atoms with Crippen LogP contribution in [0.3, 0.4) is 0 Å². The van der Waals surface area contributed by atoms with E-state index in [1.165, 1.54) is 11.1 Å². The number of rotatable bonds is 9. The second-order valence-corrected chi connectivity index (χ2v) is 10.7. The highest BCUT2D eigenvalue weighted by Gasteiger charge is 2.34. The fourth-order valence-electron chi connectivity index (χ4n) is 5.19. The molecule has 2 atom stereocenters. The highest BCUT2D eigenvalue weighted by Crippen LogP contribution is 2.38. The number of benzene rings is 4. The van der Waals surface area contributed by atoms with Gasteiger partial charge in [-0.1, -0.05) is 78.9 Å². The first-order valence-corrected chi connectivity index (χ1v) is 14.7. The number of carbonyl (C=O) groups is 2. The maximum absolute atomic E-state index is 14.6. The molecule has 0 saturated carbocycles. The zero-order chi connectivity index (χ0) is 30.6. The van der Waals surface area contributed by atoms with E-state index in [2.05, 4.69) is 33.4 Å². The zero-order valence-electron chi connectivity index (χ0n) is 23.9. The molecule has 0 saturated heterocycles. The number of hydrogen-bond acceptors (Lipinski definition) is 9. The van der Waals surface area contributed by atoms with Crippen LogP contribution in [0.15, 0.2) is 108 Å². The van der Waals surface area contributed by atoms with E-state index < -0.39 is 12.2 Å². The number of aryl methyl sites for hydroxylation is 1. The van der Waals surface area contributed by atoms with Gasteiger partial charge in [0, 0.05) is 22.4 Å². The Labute approximate surface area is 260 Å². The van der Waals surface area contributed by atoms with Crippen LogP contribution in [0.4, 0.5) is 11.4 Å². The van der Waals surface area contributed by atoms with Gasteiger partial charge in [0.2, 0.25) is 0 Å². The van der Waals surface area contributed by atoms with Gasteiger partial charge in [0.05, 0.1) is 35.4 Å². The fourth-order valence-corrected chi connectivity index (χ4v) is 5.39. The Balaban J connectivity index is 1.50. The molecule has 5 aromatic rings. The average Bonchev–Trinajstić information content (AvgIpc) is 3.57. The molecule has 2 unspecified atom stereocenters. The van der Waals surface area contributed by atoms with E-state index in [9.17, 15) is 9.59 Å². The highest BCUT2D eigenvalue weighted by atomic mass is 32.1. The summed E-state index contributed by atoms with van der Waals surface area (Å²) in [6.45, 7) is 1.83. The van der Waals surface area contributed by atoms with E-state index in [1.54, 1.807) is 4.90 Å². The summed E-state index contributed by atoms with van der Waals surface area (Å²) < 4.78 is 0. The summed E-state index contributed by atoms with van der Waals surface area (Å²) in [4.78, 5) is 35.3. The number of ketones is 1. The number of aromatic nitrogens is 4. The summed E-state index contributed by atoms with van der Waals surface area (Å²) in [5.41, 5.74) is 12.9. The molecular weight excluding hydrogens is 572 g/mol. The van der Waals surface area contributed by atoms with Gasteiger partial charge >= 0.3 is 0 Å². The van der Waals surface area contributed by atoms with Gasteiger partial charge in [-0.15, -0.1) is 15.0 Å². The van der Waals surface area contributed by atoms with Crippen LogP contribution in [0.1, 0.15) is 16.7 Å². The number of nitrogens with two attached hydrogens (primary N) is 1. The Kier molecular flexibility index (Phi) is 8.42. The predicted octanol–water partition coefficient (Wildman–Crippen LogP) is 3.90. The average molecular weight is 603 g/mol. The molecule has 6 rings (SSSR count). The van der Waals surface area contributed by atoms with Crippen LogP contribution in [0.25, 0.3) is 16.8 Å². The monoisotopic (exact) mass is 602 g/mol. The topological polar surface area (TPSA) is 131 Å². The van der Waals surface area contributed by atoms with E-state index in [0.717, 1.165) is 33.5 Å². The molecule has 1 aliphatic rings. The number of carbonyl (C=O) groups excluding carboxylic acids is 2. The number of amides is 1. The van der Waals surface area contributed by atoms with Gasteiger partial charge in [0.15, 0.2) is 18.3 Å². The molecule has 10 nitrogen and oxygen atoms in total. The minimum Gasteiger partial charge on any atom is -0.321 e. The lowest BCUT2D eigenvalue weighted by Crippen LogP contribution is -2.48. The van der Waals surface area contributed by atoms with Crippen molar-refractivity contribution in [3.63, 3.8) is 0 Å². The number of benzodiazepines with no additional fused rings is 1. The lowest BCUT2D eigenvalue weighted by molar-refractivity contribution is -0.121. The first-order chi connectivity index (χ1) is 21.5. The van der Waals surface area contributed by atoms with Crippen molar-refractivity contribution in [3.05, 3.63) is 120 Å². The van der Waals surface area contributed by atoms with Gasteiger partial charge in [-0.3, -0.25) is 24.8 Å². The van der Waals surface area contributed by atoms with Crippen molar-refractivity contribution in [2.24, 2.45) is 10.7 Å². The number of nitrogens with zero attached hydrogens (tertiary/aromatic N) is 6. The molecule has 11 heteroatoms. The Hall–Kier alpha value is -4.97. The van der Waals surface area contributed by atoms with Crippen molar-refractivity contribution in [1.82, 2.24) is 25.5 Å². The highest BCUT2D eigenvalue weighted by molar-refractivity contribution is 7.80. The van der Waals surface area contributed by atoms with Gasteiger partial charge in [-0.25, -0.2) is 0 Å². The van der Waals surface area contributed by atoms with Crippen LogP contribution < -0.4 is 16.0 Å². The summed E-state index contributed by atoms with van der Waals surface area (Å²) >= 11 is 4.16. The number of thiol groups is 1. The largest absolute Gasteiger partial charge is 0.321 e. The molecule has 0 fully saturated rings. The van der Waals surface area contributed by atoms with E-state index in [4.69, 9.17) is 10.7 Å². The quantitative estimate of drug-likeness (QED) is 0.218. The molecule has 0 spiro atoms. The molecule has 4 aromatic carbocycles. The molecular formula is C33H30N8O2S. The molecule has 2 heterocycles. The Morgan fingerprint density at radius 1 is 0.909 bits per heavy atom. The molecule has 1 aliphatic heterocycles. The van der Waals surface area contributed by atoms with Crippen LogP contribution in [0, 0.1) is 6.92 Å². The minimum atomic E-state index is -1.07. The van der Waals surface area contributed by atoms with Crippen molar-refractivity contribution in [1.29, 1.82) is 0 Å². The SMILES string of the molecule is Cc1ccc(-c2ccccc2-n2ncnn2)cc1N1C(=O)C(NCC(=O)C(N)CS)N=C(c2ccccc2)c2ccccc21. The Morgan fingerprint density at radius 2 is 1.61 bits per heavy atom. The smallest absolute Gasteiger partial charge is 0.271 e. The molecule has 220 valence electrons. The first-order valence-electron chi connectivity index (χ1n) is 14.1. The van der Waals surface area contributed by atoms with E-state index in [0.29, 0.717) is 17.1 Å². The van der Waals surface area contributed by atoms with E-state index >= 15 is 0 Å². The Morgan fingerprint density at radius 3 is 2.34 bits per heavy atom. The van der Waals surface area contributed by atoms with Crippen molar-refractivity contribution < 1.29 is 9.59 Å². The molecule has 0 bridgehead atoms. The third-order valence-electron chi connectivity index (χ3n) is 7.47. The first kappa shape index (κ1) is 29.1. The lowest BCUT2D eigenvalue weighted by atomic mass is 9.98. The van der Waals surface area contributed by atoms with Crippen molar-refractivity contribution >= 4 is 41.4 Å². The molecule has 0 aliphatic carbocycles. The molecule has 3 N–H and O–H groups in total. The predicted molar refractivity (Wildman–Crippen MR) is 174 cm³/mol.